The van der Waals surface area contributed by atoms with Crippen LogP contribution >= 0.6 is 0 Å². The zero-order chi connectivity index (χ0) is 10.3. The molecule has 0 unspecified atom stereocenters. The molecule has 4 heteroatoms. The van der Waals surface area contributed by atoms with E-state index in [9.17, 15) is 0 Å². The Morgan fingerprint density at radius 2 is 1.54 bits per heavy atom. The van der Waals surface area contributed by atoms with Gasteiger partial charge in [-0.15, -0.1) is 0 Å². The Morgan fingerprint density at radius 1 is 1.08 bits per heavy atom. The molecule has 0 aromatic carbocycles. The molecule has 0 saturated carbocycles. The molecule has 3 nitrogen and oxygen atoms in total. The van der Waals surface area contributed by atoms with Crippen LogP contribution in [-0.2, 0) is 13.9 Å². The van der Waals surface area contributed by atoms with Gasteiger partial charge in [0, 0.05) is 18.8 Å². The van der Waals surface area contributed by atoms with Crippen LogP contribution in [0.4, 0.5) is 0 Å². The van der Waals surface area contributed by atoms with Crippen LogP contribution in [0.25, 0.3) is 0 Å². The van der Waals surface area contributed by atoms with Crippen molar-refractivity contribution in [3.8, 4) is 0 Å². The van der Waals surface area contributed by atoms with Gasteiger partial charge in [-0.05, 0) is 34.6 Å². The Balaban J connectivity index is 3.68. The van der Waals surface area contributed by atoms with Crippen LogP contribution in [-0.4, -0.2) is 34.5 Å². The van der Waals surface area contributed by atoms with Gasteiger partial charge in [-0.3, -0.25) is 0 Å². The molecule has 0 heterocycles. The van der Waals surface area contributed by atoms with E-state index in [1.165, 1.54) is 0 Å². The third-order valence-corrected chi connectivity index (χ3v) is 3.13. The van der Waals surface area contributed by atoms with Crippen molar-refractivity contribution in [2.45, 2.75) is 46.1 Å². The third-order valence-electron chi connectivity index (χ3n) is 1.36. The first-order valence-corrected chi connectivity index (χ1v) is 6.26. The van der Waals surface area contributed by atoms with E-state index in [1.54, 1.807) is 0 Å². The van der Waals surface area contributed by atoms with Gasteiger partial charge in [0.2, 0.25) is 9.76 Å². The van der Waals surface area contributed by atoms with Crippen molar-refractivity contribution in [1.82, 2.24) is 0 Å². The second-order valence-corrected chi connectivity index (χ2v) is 5.05. The summed E-state index contributed by atoms with van der Waals surface area (Å²) < 4.78 is 16.5. The summed E-state index contributed by atoms with van der Waals surface area (Å²) in [7, 11) is -0.745. The van der Waals surface area contributed by atoms with Crippen molar-refractivity contribution in [1.29, 1.82) is 0 Å². The van der Waals surface area contributed by atoms with E-state index in [0.29, 0.717) is 13.2 Å². The maximum Gasteiger partial charge on any atom is 0.224 e. The summed E-state index contributed by atoms with van der Waals surface area (Å²) in [6, 6.07) is 0. The first-order chi connectivity index (χ1) is 5.99. The van der Waals surface area contributed by atoms with E-state index < -0.39 is 9.76 Å². The summed E-state index contributed by atoms with van der Waals surface area (Å²) in [6.07, 6.45) is 0. The van der Waals surface area contributed by atoms with Crippen molar-refractivity contribution in [2.75, 3.05) is 13.2 Å². The average molecular weight is 206 g/mol. The average Bonchev–Trinajstić information content (AvgIpc) is 2.00. The van der Waals surface area contributed by atoms with E-state index in [0.717, 1.165) is 0 Å². The topological polar surface area (TPSA) is 27.7 Å². The quantitative estimate of drug-likeness (QED) is 0.483. The van der Waals surface area contributed by atoms with Crippen LogP contribution in [0.3, 0.4) is 0 Å². The van der Waals surface area contributed by atoms with E-state index in [2.05, 4.69) is 20.8 Å². The van der Waals surface area contributed by atoms with Gasteiger partial charge in [-0.25, -0.2) is 0 Å². The lowest BCUT2D eigenvalue weighted by Gasteiger charge is -2.24. The van der Waals surface area contributed by atoms with Crippen LogP contribution < -0.4 is 0 Å². The second-order valence-electron chi connectivity index (χ2n) is 3.76. The lowest BCUT2D eigenvalue weighted by molar-refractivity contribution is -0.0942. The van der Waals surface area contributed by atoms with Crippen LogP contribution in [0.5, 0.6) is 0 Å². The Hall–Kier alpha value is 0.0969. The van der Waals surface area contributed by atoms with Crippen LogP contribution in [0.15, 0.2) is 0 Å². The smallest absolute Gasteiger partial charge is 0.224 e. The lowest BCUT2D eigenvalue weighted by Crippen LogP contribution is -2.32. The minimum Gasteiger partial charge on any atom is -0.414 e. The second kappa shape index (κ2) is 6.54. The van der Waals surface area contributed by atoms with Crippen LogP contribution in [0.2, 0.25) is 0 Å². The molecule has 0 amide bonds. The zero-order valence-corrected chi connectivity index (χ0v) is 10.8. The van der Waals surface area contributed by atoms with Crippen LogP contribution in [0, 0.1) is 0 Å². The van der Waals surface area contributed by atoms with Gasteiger partial charge in [0.1, 0.15) is 0 Å². The first-order valence-electron chi connectivity index (χ1n) is 4.86. The van der Waals surface area contributed by atoms with Crippen molar-refractivity contribution < 1.29 is 13.9 Å². The van der Waals surface area contributed by atoms with Crippen molar-refractivity contribution in [3.05, 3.63) is 0 Å². The highest BCUT2D eigenvalue weighted by atomic mass is 28.2. The molecule has 0 spiro atoms. The Morgan fingerprint density at radius 3 is 1.85 bits per heavy atom. The summed E-state index contributed by atoms with van der Waals surface area (Å²) in [6.45, 7) is 11.5. The standard InChI is InChI=1S/C9H22O3Si/c1-6-10-8(11-7-2)13-12-9(3,4)5/h8H,6-7,13H2,1-5H3. The van der Waals surface area contributed by atoms with Crippen molar-refractivity contribution >= 4 is 9.76 Å². The van der Waals surface area contributed by atoms with Gasteiger partial charge in [-0.2, -0.15) is 0 Å². The van der Waals surface area contributed by atoms with Crippen molar-refractivity contribution in [2.24, 2.45) is 0 Å². The summed E-state index contributed by atoms with van der Waals surface area (Å²) in [5.74, 6) is -0.0887. The van der Waals surface area contributed by atoms with Gasteiger partial charge < -0.3 is 13.9 Å². The third kappa shape index (κ3) is 8.43. The summed E-state index contributed by atoms with van der Waals surface area (Å²) >= 11 is 0. The first kappa shape index (κ1) is 13.1. The fourth-order valence-corrected chi connectivity index (χ4v) is 2.13. The largest absolute Gasteiger partial charge is 0.414 e. The molecular formula is C9H22O3Si. The highest BCUT2D eigenvalue weighted by Gasteiger charge is 2.15. The van der Waals surface area contributed by atoms with Gasteiger partial charge in [-0.1, -0.05) is 0 Å². The lowest BCUT2D eigenvalue weighted by atomic mass is 10.2. The number of hydrogen-bond acceptors (Lipinski definition) is 3. The summed E-state index contributed by atoms with van der Waals surface area (Å²) in [4.78, 5) is 0. The Kier molecular flexibility index (Phi) is 6.58. The number of rotatable bonds is 6. The molecule has 0 aliphatic heterocycles. The molecule has 0 fully saturated rings. The molecular weight excluding hydrogens is 184 g/mol. The molecule has 0 aromatic heterocycles. The van der Waals surface area contributed by atoms with E-state index >= 15 is 0 Å². The molecule has 0 atom stereocenters. The molecule has 13 heavy (non-hydrogen) atoms. The maximum absolute atomic E-state index is 5.69. The monoisotopic (exact) mass is 206 g/mol. The zero-order valence-electron chi connectivity index (χ0n) is 9.42. The number of ether oxygens (including phenoxy) is 2. The highest BCUT2D eigenvalue weighted by molar-refractivity contribution is 6.28. The molecule has 0 aromatic rings. The predicted molar refractivity (Wildman–Crippen MR) is 56.4 cm³/mol. The molecule has 0 aliphatic carbocycles. The van der Waals surface area contributed by atoms with Crippen LogP contribution in [0.1, 0.15) is 34.6 Å². The van der Waals surface area contributed by atoms with Gasteiger partial charge in [0.05, 0.1) is 0 Å². The minimum absolute atomic E-state index is 0.0708. The van der Waals surface area contributed by atoms with Gasteiger partial charge in [0.15, 0.2) is 5.91 Å². The molecule has 0 saturated heterocycles. The van der Waals surface area contributed by atoms with Crippen molar-refractivity contribution in [3.63, 3.8) is 0 Å². The summed E-state index contributed by atoms with van der Waals surface area (Å²) in [5, 5.41) is 0. The molecule has 0 bridgehead atoms. The maximum atomic E-state index is 5.69. The fraction of sp³-hybridized carbons (Fsp3) is 1.00. The molecule has 0 radical (unpaired) electrons. The Bertz CT molecular complexity index is 117. The van der Waals surface area contributed by atoms with E-state index in [-0.39, 0.29) is 11.5 Å². The molecule has 80 valence electrons. The van der Waals surface area contributed by atoms with E-state index in [4.69, 9.17) is 13.9 Å². The molecule has 0 N–H and O–H groups in total. The van der Waals surface area contributed by atoms with Gasteiger partial charge >= 0.3 is 0 Å². The highest BCUT2D eigenvalue weighted by Crippen LogP contribution is 2.07. The number of hydrogen-bond donors (Lipinski definition) is 0. The normalized spacial score (nSPS) is 13.4. The Labute approximate surface area is 83.7 Å². The summed E-state index contributed by atoms with van der Waals surface area (Å²) in [5.41, 5.74) is -0.0708. The minimum atomic E-state index is -0.745. The fourth-order valence-electron chi connectivity index (χ4n) is 0.834. The predicted octanol–water partition coefficient (Wildman–Crippen LogP) is 1.24. The molecule has 0 aliphatic rings. The molecule has 0 rings (SSSR count). The van der Waals surface area contributed by atoms with E-state index in [1.807, 2.05) is 13.8 Å². The van der Waals surface area contributed by atoms with Gasteiger partial charge in [0.25, 0.3) is 0 Å². The SMILES string of the molecule is CCOC(OCC)[SiH2]OC(C)(C)C.